The fourth-order valence-electron chi connectivity index (χ4n) is 2.50. The molecular weight excluding hydrogens is 499 g/mol. The van der Waals surface area contributed by atoms with Gasteiger partial charge in [0.05, 0.1) is 6.61 Å². The van der Waals surface area contributed by atoms with E-state index in [1.807, 2.05) is 42.8 Å². The first-order chi connectivity index (χ1) is 14.1. The Morgan fingerprint density at radius 2 is 1.87 bits per heavy atom. The smallest absolute Gasteiger partial charge is 0.196 e. The molecule has 0 atom stereocenters. The van der Waals surface area contributed by atoms with E-state index < -0.39 is 0 Å². The summed E-state index contributed by atoms with van der Waals surface area (Å²) in [7, 11) is 5.32. The second-order valence-corrected chi connectivity index (χ2v) is 6.51. The van der Waals surface area contributed by atoms with Crippen molar-refractivity contribution in [2.24, 2.45) is 12.0 Å². The number of rotatable bonds is 12. The number of aromatic nitrogens is 3. The first-order valence-corrected chi connectivity index (χ1v) is 9.75. The molecule has 0 aliphatic heterocycles. The van der Waals surface area contributed by atoms with Crippen molar-refractivity contribution in [3.05, 3.63) is 35.9 Å². The highest BCUT2D eigenvalue weighted by molar-refractivity contribution is 14.0. The van der Waals surface area contributed by atoms with Crippen molar-refractivity contribution in [2.75, 3.05) is 45.9 Å². The molecule has 0 saturated carbocycles. The molecule has 2 aromatic rings. The zero-order chi connectivity index (χ0) is 20.9. The standard InChI is InChI=1S/C20H32N6O3.HI/c1-16-24-25-19(26(16)2)15-22-20(21-10-6-11-27-3)23-17-8-5-9-18(14-17)29-13-7-12-28-4;/h5,8-9,14H,6-7,10-13,15H2,1-4H3,(H2,21,22,23);1H. The highest BCUT2D eigenvalue weighted by Crippen LogP contribution is 2.17. The van der Waals surface area contributed by atoms with Crippen LogP contribution in [-0.2, 0) is 23.1 Å². The molecule has 1 aromatic carbocycles. The van der Waals surface area contributed by atoms with E-state index in [1.165, 1.54) is 0 Å². The van der Waals surface area contributed by atoms with Crippen molar-refractivity contribution in [2.45, 2.75) is 26.3 Å². The average molecular weight is 532 g/mol. The topological polar surface area (TPSA) is 94.8 Å². The van der Waals surface area contributed by atoms with Gasteiger partial charge in [-0.2, -0.15) is 0 Å². The molecule has 9 nitrogen and oxygen atoms in total. The van der Waals surface area contributed by atoms with Crippen LogP contribution in [0.25, 0.3) is 0 Å². The van der Waals surface area contributed by atoms with Crippen molar-refractivity contribution >= 4 is 35.6 Å². The van der Waals surface area contributed by atoms with Crippen LogP contribution in [0.2, 0.25) is 0 Å². The van der Waals surface area contributed by atoms with Gasteiger partial charge in [-0.3, -0.25) is 0 Å². The molecule has 10 heteroatoms. The van der Waals surface area contributed by atoms with Gasteiger partial charge in [-0.15, -0.1) is 34.2 Å². The van der Waals surface area contributed by atoms with E-state index >= 15 is 0 Å². The number of ether oxygens (including phenoxy) is 3. The van der Waals surface area contributed by atoms with Crippen molar-refractivity contribution in [3.63, 3.8) is 0 Å². The summed E-state index contributed by atoms with van der Waals surface area (Å²) in [5.41, 5.74) is 0.890. The van der Waals surface area contributed by atoms with Crippen LogP contribution in [0.15, 0.2) is 29.3 Å². The van der Waals surface area contributed by atoms with Crippen LogP contribution in [-0.4, -0.2) is 61.3 Å². The Kier molecular flexibility index (Phi) is 13.0. The Morgan fingerprint density at radius 1 is 1.10 bits per heavy atom. The molecule has 2 N–H and O–H groups in total. The number of nitrogens with one attached hydrogen (secondary N) is 2. The van der Waals surface area contributed by atoms with E-state index in [1.54, 1.807) is 14.2 Å². The Bertz CT molecular complexity index is 769. The predicted molar refractivity (Wildman–Crippen MR) is 129 cm³/mol. The lowest BCUT2D eigenvalue weighted by Gasteiger charge is -2.14. The number of methoxy groups -OCH3 is 2. The Balaban J connectivity index is 0.00000450. The zero-order valence-electron chi connectivity index (χ0n) is 18.2. The van der Waals surface area contributed by atoms with E-state index in [4.69, 9.17) is 14.2 Å². The predicted octanol–water partition coefficient (Wildman–Crippen LogP) is 2.75. The molecule has 0 amide bonds. The number of aryl methyl sites for hydroxylation is 1. The van der Waals surface area contributed by atoms with E-state index in [2.05, 4.69) is 25.8 Å². The van der Waals surface area contributed by atoms with Gasteiger partial charge in [-0.25, -0.2) is 4.99 Å². The summed E-state index contributed by atoms with van der Waals surface area (Å²) in [6, 6.07) is 7.80. The summed E-state index contributed by atoms with van der Waals surface area (Å²) in [5.74, 6) is 3.12. The second kappa shape index (κ2) is 15.0. The number of hydrogen-bond donors (Lipinski definition) is 2. The summed E-state index contributed by atoms with van der Waals surface area (Å²) in [4.78, 5) is 4.65. The SMILES string of the molecule is COCCCNC(=NCc1nnc(C)n1C)Nc1cccc(OCCCOC)c1.I. The third kappa shape index (κ3) is 9.26. The third-order valence-electron chi connectivity index (χ3n) is 4.24. The highest BCUT2D eigenvalue weighted by atomic mass is 127. The molecule has 1 aromatic heterocycles. The minimum absolute atomic E-state index is 0. The molecule has 0 unspecified atom stereocenters. The maximum absolute atomic E-state index is 5.77. The fourth-order valence-corrected chi connectivity index (χ4v) is 2.50. The minimum Gasteiger partial charge on any atom is -0.493 e. The Labute approximate surface area is 195 Å². The second-order valence-electron chi connectivity index (χ2n) is 6.51. The van der Waals surface area contributed by atoms with Crippen LogP contribution >= 0.6 is 24.0 Å². The van der Waals surface area contributed by atoms with Gasteiger partial charge in [0, 0.05) is 59.2 Å². The molecule has 0 radical (unpaired) electrons. The van der Waals surface area contributed by atoms with Gasteiger partial charge in [0.25, 0.3) is 0 Å². The number of halogens is 1. The fraction of sp³-hybridized carbons (Fsp3) is 0.550. The first kappa shape index (κ1) is 26.1. The number of anilines is 1. The lowest BCUT2D eigenvalue weighted by molar-refractivity contribution is 0.172. The van der Waals surface area contributed by atoms with Crippen LogP contribution in [0.5, 0.6) is 5.75 Å². The molecule has 2 rings (SSSR count). The summed E-state index contributed by atoms with van der Waals surface area (Å²) < 4.78 is 17.9. The van der Waals surface area contributed by atoms with Crippen LogP contribution in [0, 0.1) is 6.92 Å². The quantitative estimate of drug-likeness (QED) is 0.188. The number of nitrogens with zero attached hydrogens (tertiary/aromatic N) is 4. The van der Waals surface area contributed by atoms with Gasteiger partial charge in [0.2, 0.25) is 0 Å². The van der Waals surface area contributed by atoms with Gasteiger partial charge in [0.1, 0.15) is 18.1 Å². The van der Waals surface area contributed by atoms with Crippen LogP contribution in [0.1, 0.15) is 24.5 Å². The summed E-state index contributed by atoms with van der Waals surface area (Å²) >= 11 is 0. The Hall–Kier alpha value is -1.92. The third-order valence-corrected chi connectivity index (χ3v) is 4.24. The lowest BCUT2D eigenvalue weighted by Crippen LogP contribution is -2.32. The molecule has 0 bridgehead atoms. The van der Waals surface area contributed by atoms with Crippen molar-refractivity contribution < 1.29 is 14.2 Å². The van der Waals surface area contributed by atoms with E-state index in [0.717, 1.165) is 42.5 Å². The van der Waals surface area contributed by atoms with Gasteiger partial charge < -0.3 is 29.4 Å². The number of benzene rings is 1. The molecule has 0 aliphatic carbocycles. The van der Waals surface area contributed by atoms with Gasteiger partial charge >= 0.3 is 0 Å². The van der Waals surface area contributed by atoms with Crippen molar-refractivity contribution in [3.8, 4) is 5.75 Å². The van der Waals surface area contributed by atoms with E-state index in [0.29, 0.717) is 32.3 Å². The first-order valence-electron chi connectivity index (χ1n) is 9.75. The number of hydrogen-bond acceptors (Lipinski definition) is 6. The van der Waals surface area contributed by atoms with Gasteiger partial charge in [0.15, 0.2) is 11.8 Å². The normalized spacial score (nSPS) is 11.1. The molecule has 1 heterocycles. The van der Waals surface area contributed by atoms with Crippen LogP contribution in [0.4, 0.5) is 5.69 Å². The maximum atomic E-state index is 5.77. The van der Waals surface area contributed by atoms with Crippen LogP contribution < -0.4 is 15.4 Å². The van der Waals surface area contributed by atoms with Gasteiger partial charge in [-0.1, -0.05) is 6.07 Å². The summed E-state index contributed by atoms with van der Waals surface area (Å²) in [6.45, 7) is 5.06. The minimum atomic E-state index is 0. The van der Waals surface area contributed by atoms with Crippen molar-refractivity contribution in [1.29, 1.82) is 0 Å². The maximum Gasteiger partial charge on any atom is 0.196 e. The number of guanidine groups is 1. The van der Waals surface area contributed by atoms with Crippen LogP contribution in [0.3, 0.4) is 0 Å². The molecule has 168 valence electrons. The van der Waals surface area contributed by atoms with E-state index in [-0.39, 0.29) is 24.0 Å². The van der Waals surface area contributed by atoms with Crippen molar-refractivity contribution in [1.82, 2.24) is 20.1 Å². The monoisotopic (exact) mass is 532 g/mol. The Morgan fingerprint density at radius 3 is 2.57 bits per heavy atom. The molecule has 0 fully saturated rings. The molecular formula is C20H33IN6O3. The summed E-state index contributed by atoms with van der Waals surface area (Å²) in [6.07, 6.45) is 1.72. The molecule has 0 aliphatic rings. The number of aliphatic imine (C=N–C) groups is 1. The molecule has 0 spiro atoms. The molecule has 0 saturated heterocycles. The van der Waals surface area contributed by atoms with E-state index in [9.17, 15) is 0 Å². The average Bonchev–Trinajstić information content (AvgIpc) is 3.05. The van der Waals surface area contributed by atoms with Gasteiger partial charge in [-0.05, 0) is 25.5 Å². The highest BCUT2D eigenvalue weighted by Gasteiger charge is 2.06. The lowest BCUT2D eigenvalue weighted by atomic mass is 10.3. The largest absolute Gasteiger partial charge is 0.493 e. The molecule has 30 heavy (non-hydrogen) atoms. The summed E-state index contributed by atoms with van der Waals surface area (Å²) in [5, 5.41) is 14.9. The zero-order valence-corrected chi connectivity index (χ0v) is 20.5.